The summed E-state index contributed by atoms with van der Waals surface area (Å²) in [6, 6.07) is 3.38. The van der Waals surface area contributed by atoms with E-state index < -0.39 is 0 Å². The molecule has 0 N–H and O–H groups in total. The number of carbonyl (C=O) groups excluding carboxylic acids is 1. The van der Waals surface area contributed by atoms with Crippen LogP contribution in [0, 0.1) is 0 Å². The third kappa shape index (κ3) is 1.80. The van der Waals surface area contributed by atoms with Crippen LogP contribution in [0.2, 0.25) is 5.02 Å². The fraction of sp³-hybridized carbons (Fsp3) is 0.364. The molecular formula is C11H12ClNO3. The number of halogens is 1. The zero-order valence-corrected chi connectivity index (χ0v) is 9.87. The number of ether oxygens (including phenoxy) is 2. The summed E-state index contributed by atoms with van der Waals surface area (Å²) in [7, 11) is 3.25. The van der Waals surface area contributed by atoms with Crippen LogP contribution in [0.4, 0.5) is 5.69 Å². The van der Waals surface area contributed by atoms with Gasteiger partial charge in [0, 0.05) is 19.2 Å². The lowest BCUT2D eigenvalue weighted by Crippen LogP contribution is -2.25. The molecule has 1 heterocycles. The molecule has 86 valence electrons. The van der Waals surface area contributed by atoms with Crippen molar-refractivity contribution in [3.05, 3.63) is 17.2 Å². The van der Waals surface area contributed by atoms with Crippen molar-refractivity contribution < 1.29 is 14.3 Å². The fourth-order valence-electron chi connectivity index (χ4n) is 1.61. The average Bonchev–Trinajstić information content (AvgIpc) is 2.39. The summed E-state index contributed by atoms with van der Waals surface area (Å²) in [4.78, 5) is 13.2. The molecule has 4 nitrogen and oxygen atoms in total. The van der Waals surface area contributed by atoms with E-state index in [2.05, 4.69) is 0 Å². The number of amides is 1. The highest BCUT2D eigenvalue weighted by Gasteiger charge is 2.21. The Balaban J connectivity index is 2.53. The second-order valence-electron chi connectivity index (χ2n) is 3.51. The Morgan fingerprint density at radius 1 is 1.50 bits per heavy atom. The number of benzene rings is 1. The van der Waals surface area contributed by atoms with Crippen LogP contribution in [0.5, 0.6) is 11.5 Å². The number of nitrogens with zero attached hydrogens (tertiary/aromatic N) is 1. The molecule has 0 fully saturated rings. The van der Waals surface area contributed by atoms with Gasteiger partial charge < -0.3 is 14.4 Å². The number of fused-ring (bicyclic) bond motifs is 1. The summed E-state index contributed by atoms with van der Waals surface area (Å²) in [6.07, 6.45) is 0.366. The summed E-state index contributed by atoms with van der Waals surface area (Å²) in [5, 5.41) is 0.476. The van der Waals surface area contributed by atoms with E-state index in [0.717, 1.165) is 0 Å². The maximum atomic E-state index is 11.6. The van der Waals surface area contributed by atoms with Gasteiger partial charge in [-0.05, 0) is 0 Å². The van der Waals surface area contributed by atoms with Gasteiger partial charge in [-0.1, -0.05) is 11.6 Å². The topological polar surface area (TPSA) is 38.8 Å². The molecule has 0 aliphatic carbocycles. The molecule has 0 saturated heterocycles. The minimum Gasteiger partial charge on any atom is -0.495 e. The van der Waals surface area contributed by atoms with E-state index in [1.54, 1.807) is 24.1 Å². The molecule has 0 aromatic heterocycles. The van der Waals surface area contributed by atoms with E-state index in [1.807, 2.05) is 0 Å². The molecular weight excluding hydrogens is 230 g/mol. The van der Waals surface area contributed by atoms with E-state index in [-0.39, 0.29) is 5.91 Å². The lowest BCUT2D eigenvalue weighted by atomic mass is 10.2. The Morgan fingerprint density at radius 2 is 2.25 bits per heavy atom. The van der Waals surface area contributed by atoms with Crippen LogP contribution in [-0.2, 0) is 4.79 Å². The van der Waals surface area contributed by atoms with Crippen molar-refractivity contribution in [2.45, 2.75) is 6.42 Å². The van der Waals surface area contributed by atoms with Gasteiger partial charge in [0.2, 0.25) is 5.91 Å². The third-order valence-corrected chi connectivity index (χ3v) is 2.84. The lowest BCUT2D eigenvalue weighted by molar-refractivity contribution is -0.118. The molecule has 1 aromatic rings. The number of rotatable bonds is 1. The maximum absolute atomic E-state index is 11.6. The smallest absolute Gasteiger partial charge is 0.230 e. The quantitative estimate of drug-likeness (QED) is 0.756. The van der Waals surface area contributed by atoms with Gasteiger partial charge in [0.05, 0.1) is 30.8 Å². The molecule has 0 spiro atoms. The van der Waals surface area contributed by atoms with Crippen molar-refractivity contribution in [1.82, 2.24) is 0 Å². The number of hydrogen-bond acceptors (Lipinski definition) is 3. The van der Waals surface area contributed by atoms with Crippen molar-refractivity contribution in [1.29, 1.82) is 0 Å². The summed E-state index contributed by atoms with van der Waals surface area (Å²) in [5.74, 6) is 1.16. The Morgan fingerprint density at radius 3 is 2.94 bits per heavy atom. The van der Waals surface area contributed by atoms with E-state index in [0.29, 0.717) is 35.2 Å². The largest absolute Gasteiger partial charge is 0.495 e. The van der Waals surface area contributed by atoms with Crippen LogP contribution < -0.4 is 14.4 Å². The van der Waals surface area contributed by atoms with Crippen LogP contribution in [0.25, 0.3) is 0 Å². The SMILES string of the molecule is COc1cc2c(cc1Cl)OCCC(=O)N2C. The molecule has 1 aliphatic heterocycles. The van der Waals surface area contributed by atoms with Crippen molar-refractivity contribution in [3.8, 4) is 11.5 Å². The van der Waals surface area contributed by atoms with Gasteiger partial charge in [0.15, 0.2) is 0 Å². The molecule has 0 bridgehead atoms. The summed E-state index contributed by atoms with van der Waals surface area (Å²) < 4.78 is 10.6. The van der Waals surface area contributed by atoms with Crippen molar-refractivity contribution >= 4 is 23.2 Å². The highest BCUT2D eigenvalue weighted by atomic mass is 35.5. The highest BCUT2D eigenvalue weighted by Crippen LogP contribution is 2.39. The molecule has 2 rings (SSSR count). The van der Waals surface area contributed by atoms with E-state index >= 15 is 0 Å². The normalized spacial score (nSPS) is 15.2. The standard InChI is InChI=1S/C11H12ClNO3/c1-13-8-6-9(15-2)7(12)5-10(8)16-4-3-11(13)14/h5-6H,3-4H2,1-2H3. The van der Waals surface area contributed by atoms with Gasteiger partial charge in [-0.25, -0.2) is 0 Å². The van der Waals surface area contributed by atoms with Gasteiger partial charge in [0.25, 0.3) is 0 Å². The minimum absolute atomic E-state index is 0.0168. The van der Waals surface area contributed by atoms with Crippen LogP contribution in [-0.4, -0.2) is 26.7 Å². The summed E-state index contributed by atoms with van der Waals surface area (Å²) >= 11 is 5.99. The minimum atomic E-state index is 0.0168. The first-order valence-electron chi connectivity index (χ1n) is 4.90. The van der Waals surface area contributed by atoms with Crippen molar-refractivity contribution in [2.24, 2.45) is 0 Å². The molecule has 0 atom stereocenters. The van der Waals surface area contributed by atoms with Crippen molar-refractivity contribution in [2.75, 3.05) is 25.7 Å². The zero-order valence-electron chi connectivity index (χ0n) is 9.12. The maximum Gasteiger partial charge on any atom is 0.230 e. The van der Waals surface area contributed by atoms with E-state index in [4.69, 9.17) is 21.1 Å². The number of methoxy groups -OCH3 is 1. The number of hydrogen-bond donors (Lipinski definition) is 0. The van der Waals surface area contributed by atoms with E-state index in [9.17, 15) is 4.79 Å². The average molecular weight is 242 g/mol. The van der Waals surface area contributed by atoms with Crippen LogP contribution in [0.3, 0.4) is 0 Å². The Bertz CT molecular complexity index is 433. The van der Waals surface area contributed by atoms with Gasteiger partial charge in [0.1, 0.15) is 11.5 Å². The fourth-order valence-corrected chi connectivity index (χ4v) is 1.84. The number of carbonyl (C=O) groups is 1. The Labute approximate surface area is 98.7 Å². The van der Waals surface area contributed by atoms with Gasteiger partial charge in [-0.15, -0.1) is 0 Å². The highest BCUT2D eigenvalue weighted by molar-refractivity contribution is 6.32. The zero-order chi connectivity index (χ0) is 11.7. The third-order valence-electron chi connectivity index (χ3n) is 2.54. The molecule has 0 radical (unpaired) electrons. The molecule has 5 heteroatoms. The van der Waals surface area contributed by atoms with Crippen LogP contribution in [0.1, 0.15) is 6.42 Å². The van der Waals surface area contributed by atoms with Crippen LogP contribution >= 0.6 is 11.6 Å². The van der Waals surface area contributed by atoms with Gasteiger partial charge in [-0.3, -0.25) is 4.79 Å². The second kappa shape index (κ2) is 4.22. The second-order valence-corrected chi connectivity index (χ2v) is 3.91. The summed E-state index contributed by atoms with van der Waals surface area (Å²) in [5.41, 5.74) is 0.684. The predicted octanol–water partition coefficient (Wildman–Crippen LogP) is 2.09. The Kier molecular flexibility index (Phi) is 2.92. The van der Waals surface area contributed by atoms with Crippen molar-refractivity contribution in [3.63, 3.8) is 0 Å². The molecule has 16 heavy (non-hydrogen) atoms. The predicted molar refractivity (Wildman–Crippen MR) is 61.5 cm³/mol. The number of anilines is 1. The first-order chi connectivity index (χ1) is 7.63. The molecule has 1 aromatic carbocycles. The molecule has 1 aliphatic rings. The van der Waals surface area contributed by atoms with Gasteiger partial charge >= 0.3 is 0 Å². The van der Waals surface area contributed by atoms with Crippen LogP contribution in [0.15, 0.2) is 12.1 Å². The molecule has 0 saturated carbocycles. The molecule has 0 unspecified atom stereocenters. The summed E-state index contributed by atoms with van der Waals surface area (Å²) in [6.45, 7) is 0.374. The van der Waals surface area contributed by atoms with E-state index in [1.165, 1.54) is 7.11 Å². The van der Waals surface area contributed by atoms with Gasteiger partial charge in [-0.2, -0.15) is 0 Å². The lowest BCUT2D eigenvalue weighted by Gasteiger charge is -2.17. The monoisotopic (exact) mass is 241 g/mol. The molecule has 1 amide bonds. The Hall–Kier alpha value is -1.42. The first-order valence-corrected chi connectivity index (χ1v) is 5.28. The first kappa shape index (κ1) is 11.1.